The number of aryl methyl sites for hydroxylation is 1. The number of amides is 2. The predicted molar refractivity (Wildman–Crippen MR) is 159 cm³/mol. The van der Waals surface area contributed by atoms with Gasteiger partial charge in [0.2, 0.25) is 11.8 Å². The van der Waals surface area contributed by atoms with E-state index in [0.717, 1.165) is 28.3 Å². The highest BCUT2D eigenvalue weighted by atomic mass is 79.9. The molecule has 0 fully saturated rings. The fourth-order valence-corrected chi connectivity index (χ4v) is 5.95. The average molecular weight is 635 g/mol. The van der Waals surface area contributed by atoms with Gasteiger partial charge in [-0.2, -0.15) is 0 Å². The summed E-state index contributed by atoms with van der Waals surface area (Å²) in [6, 6.07) is 19.4. The van der Waals surface area contributed by atoms with Crippen molar-refractivity contribution in [2.75, 3.05) is 17.4 Å². The van der Waals surface area contributed by atoms with Crippen LogP contribution >= 0.6 is 27.5 Å². The number of benzene rings is 3. The second kappa shape index (κ2) is 14.0. The van der Waals surface area contributed by atoms with E-state index in [1.807, 2.05) is 19.9 Å². The molecule has 0 unspecified atom stereocenters. The van der Waals surface area contributed by atoms with Gasteiger partial charge in [-0.05, 0) is 68.3 Å². The van der Waals surface area contributed by atoms with Crippen molar-refractivity contribution in [2.45, 2.75) is 51.1 Å². The number of sulfonamides is 1. The van der Waals surface area contributed by atoms with Gasteiger partial charge in [-0.15, -0.1) is 0 Å². The van der Waals surface area contributed by atoms with E-state index >= 15 is 0 Å². The molecule has 3 rings (SSSR count). The Bertz CT molecular complexity index is 1400. The first kappa shape index (κ1) is 30.7. The number of hydrogen-bond donors (Lipinski definition) is 1. The van der Waals surface area contributed by atoms with E-state index in [9.17, 15) is 18.0 Å². The Hall–Kier alpha value is -2.88. The van der Waals surface area contributed by atoms with Crippen molar-refractivity contribution in [3.05, 3.63) is 93.4 Å². The summed E-state index contributed by atoms with van der Waals surface area (Å²) in [5.41, 5.74) is 1.95. The molecule has 0 heterocycles. The van der Waals surface area contributed by atoms with E-state index in [0.29, 0.717) is 21.7 Å². The largest absolute Gasteiger partial charge is 0.354 e. The van der Waals surface area contributed by atoms with Gasteiger partial charge in [0.1, 0.15) is 12.6 Å². The number of hydrogen-bond acceptors (Lipinski definition) is 4. The number of rotatable bonds is 12. The van der Waals surface area contributed by atoms with Crippen LogP contribution in [0.3, 0.4) is 0 Å². The van der Waals surface area contributed by atoms with Crippen molar-refractivity contribution in [1.29, 1.82) is 0 Å². The highest BCUT2D eigenvalue weighted by Crippen LogP contribution is 2.27. The van der Waals surface area contributed by atoms with Crippen LogP contribution in [-0.4, -0.2) is 44.3 Å². The van der Waals surface area contributed by atoms with Crippen molar-refractivity contribution < 1.29 is 18.0 Å². The standard InChI is InChI=1S/C29H33BrClN3O4S/c1-4-5-16-32-29(36)22(3)33(19-23-8-6-10-25(31)17-23)28(35)20-34(26-11-7-9-24(30)18-26)39(37,38)27-14-12-21(2)13-15-27/h6-15,17-18,22H,4-5,16,19-20H2,1-3H3,(H,32,36)/t22-/m0/s1. The van der Waals surface area contributed by atoms with Gasteiger partial charge in [0.05, 0.1) is 10.6 Å². The minimum absolute atomic E-state index is 0.0626. The lowest BCUT2D eigenvalue weighted by atomic mass is 10.1. The third-order valence-electron chi connectivity index (χ3n) is 6.22. The van der Waals surface area contributed by atoms with Gasteiger partial charge in [0.25, 0.3) is 10.0 Å². The maximum Gasteiger partial charge on any atom is 0.264 e. The Balaban J connectivity index is 2.00. The van der Waals surface area contributed by atoms with Crippen molar-refractivity contribution in [3.63, 3.8) is 0 Å². The zero-order valence-electron chi connectivity index (χ0n) is 22.2. The Labute approximate surface area is 244 Å². The number of anilines is 1. The molecule has 10 heteroatoms. The first-order valence-corrected chi connectivity index (χ1v) is 15.3. The van der Waals surface area contributed by atoms with E-state index < -0.39 is 28.5 Å². The average Bonchev–Trinajstić information content (AvgIpc) is 2.90. The molecule has 208 valence electrons. The number of carbonyl (C=O) groups is 2. The molecule has 1 N–H and O–H groups in total. The Morgan fingerprint density at radius 2 is 1.72 bits per heavy atom. The smallest absolute Gasteiger partial charge is 0.264 e. The number of unbranched alkanes of at least 4 members (excludes halogenated alkanes) is 1. The van der Waals surface area contributed by atoms with Gasteiger partial charge >= 0.3 is 0 Å². The fraction of sp³-hybridized carbons (Fsp3) is 0.310. The second-order valence-corrected chi connectivity index (χ2v) is 12.5. The molecule has 0 aromatic heterocycles. The molecule has 2 amide bonds. The summed E-state index contributed by atoms with van der Waals surface area (Å²) in [5.74, 6) is -0.835. The highest BCUT2D eigenvalue weighted by Gasteiger charge is 2.32. The SMILES string of the molecule is CCCCNC(=O)[C@H](C)N(Cc1cccc(Cl)c1)C(=O)CN(c1cccc(Br)c1)S(=O)(=O)c1ccc(C)cc1. The lowest BCUT2D eigenvalue weighted by molar-refractivity contribution is -0.139. The maximum atomic E-state index is 13.9. The first-order chi connectivity index (χ1) is 18.5. The van der Waals surface area contributed by atoms with E-state index in [-0.39, 0.29) is 17.3 Å². The van der Waals surface area contributed by atoms with Crippen LogP contribution in [0.25, 0.3) is 0 Å². The number of carbonyl (C=O) groups excluding carboxylic acids is 2. The summed E-state index contributed by atoms with van der Waals surface area (Å²) >= 11 is 9.58. The van der Waals surface area contributed by atoms with Gasteiger partial charge < -0.3 is 10.2 Å². The van der Waals surface area contributed by atoms with Gasteiger partial charge in [-0.25, -0.2) is 8.42 Å². The van der Waals surface area contributed by atoms with Crippen molar-refractivity contribution in [2.24, 2.45) is 0 Å². The fourth-order valence-electron chi connectivity index (χ4n) is 3.95. The van der Waals surface area contributed by atoms with Crippen LogP contribution in [0.4, 0.5) is 5.69 Å². The molecular weight excluding hydrogens is 602 g/mol. The lowest BCUT2D eigenvalue weighted by Gasteiger charge is -2.32. The monoisotopic (exact) mass is 633 g/mol. The number of nitrogens with one attached hydrogen (secondary N) is 1. The van der Waals surface area contributed by atoms with Crippen LogP contribution in [0.5, 0.6) is 0 Å². The molecule has 0 spiro atoms. The Kier molecular flexibility index (Phi) is 11.0. The second-order valence-electron chi connectivity index (χ2n) is 9.28. The number of halogens is 2. The molecule has 0 bridgehead atoms. The third-order valence-corrected chi connectivity index (χ3v) is 8.74. The molecule has 7 nitrogen and oxygen atoms in total. The van der Waals surface area contributed by atoms with Crippen LogP contribution < -0.4 is 9.62 Å². The summed E-state index contributed by atoms with van der Waals surface area (Å²) in [6.07, 6.45) is 1.73. The van der Waals surface area contributed by atoms with Gasteiger partial charge in [0, 0.05) is 22.6 Å². The van der Waals surface area contributed by atoms with Crippen LogP contribution in [0.15, 0.2) is 82.2 Å². The predicted octanol–water partition coefficient (Wildman–Crippen LogP) is 5.94. The molecule has 0 aliphatic carbocycles. The van der Waals surface area contributed by atoms with E-state index in [4.69, 9.17) is 11.6 Å². The van der Waals surface area contributed by atoms with E-state index in [2.05, 4.69) is 21.2 Å². The van der Waals surface area contributed by atoms with Crippen LogP contribution in [0, 0.1) is 6.92 Å². The Morgan fingerprint density at radius 3 is 2.36 bits per heavy atom. The third kappa shape index (κ3) is 8.30. The molecule has 1 atom stereocenters. The van der Waals surface area contributed by atoms with Gasteiger partial charge in [0.15, 0.2) is 0 Å². The molecule has 0 aliphatic rings. The topological polar surface area (TPSA) is 86.8 Å². The zero-order valence-corrected chi connectivity index (χ0v) is 25.4. The van der Waals surface area contributed by atoms with Crippen molar-refractivity contribution in [3.8, 4) is 0 Å². The molecule has 0 aliphatic heterocycles. The molecule has 0 radical (unpaired) electrons. The normalized spacial score (nSPS) is 12.0. The zero-order chi connectivity index (χ0) is 28.6. The van der Waals surface area contributed by atoms with Crippen LogP contribution in [0.2, 0.25) is 5.02 Å². The Morgan fingerprint density at radius 1 is 1.03 bits per heavy atom. The minimum atomic E-state index is -4.12. The van der Waals surface area contributed by atoms with Gasteiger partial charge in [-0.1, -0.05) is 76.8 Å². The highest BCUT2D eigenvalue weighted by molar-refractivity contribution is 9.10. The number of nitrogens with zero attached hydrogens (tertiary/aromatic N) is 2. The summed E-state index contributed by atoms with van der Waals surface area (Å²) in [6.45, 7) is 5.60. The summed E-state index contributed by atoms with van der Waals surface area (Å²) in [7, 11) is -4.12. The van der Waals surface area contributed by atoms with Crippen molar-refractivity contribution in [1.82, 2.24) is 10.2 Å². The summed E-state index contributed by atoms with van der Waals surface area (Å²) in [5, 5.41) is 3.37. The first-order valence-electron chi connectivity index (χ1n) is 12.7. The molecular formula is C29H33BrClN3O4S. The summed E-state index contributed by atoms with van der Waals surface area (Å²) in [4.78, 5) is 28.4. The minimum Gasteiger partial charge on any atom is -0.354 e. The molecule has 0 saturated heterocycles. The lowest BCUT2D eigenvalue weighted by Crippen LogP contribution is -2.51. The van der Waals surface area contributed by atoms with E-state index in [1.165, 1.54) is 17.0 Å². The molecule has 39 heavy (non-hydrogen) atoms. The van der Waals surface area contributed by atoms with Crippen LogP contribution in [0.1, 0.15) is 37.8 Å². The van der Waals surface area contributed by atoms with E-state index in [1.54, 1.807) is 61.5 Å². The van der Waals surface area contributed by atoms with Gasteiger partial charge in [-0.3, -0.25) is 13.9 Å². The maximum absolute atomic E-state index is 13.9. The van der Waals surface area contributed by atoms with Crippen molar-refractivity contribution >= 4 is 55.1 Å². The van der Waals surface area contributed by atoms with Crippen LogP contribution in [-0.2, 0) is 26.2 Å². The molecule has 0 saturated carbocycles. The molecule has 3 aromatic rings. The molecule has 3 aromatic carbocycles. The quantitative estimate of drug-likeness (QED) is 0.250. The summed E-state index contributed by atoms with van der Waals surface area (Å²) < 4.78 is 29.4.